The van der Waals surface area contributed by atoms with Crippen molar-refractivity contribution >= 4 is 27.5 Å². The van der Waals surface area contributed by atoms with E-state index in [9.17, 15) is 4.39 Å². The summed E-state index contributed by atoms with van der Waals surface area (Å²) in [7, 11) is 0. The van der Waals surface area contributed by atoms with Crippen LogP contribution in [0.1, 0.15) is 17.3 Å². The number of hydrogen-bond donors (Lipinski definition) is 0. The largest absolute Gasteiger partial charge is 0.207 e. The van der Waals surface area contributed by atoms with Crippen LogP contribution in [0.25, 0.3) is 0 Å². The third-order valence-electron chi connectivity index (χ3n) is 1.39. The molecule has 0 unspecified atom stereocenters. The molecule has 0 aliphatic heterocycles. The van der Waals surface area contributed by atoms with Gasteiger partial charge in [0.1, 0.15) is 5.82 Å². The zero-order valence-electron chi connectivity index (χ0n) is 5.94. The summed E-state index contributed by atoms with van der Waals surface area (Å²) >= 11 is 9.11. The van der Waals surface area contributed by atoms with E-state index in [0.29, 0.717) is 5.02 Å². The van der Waals surface area contributed by atoms with E-state index in [1.807, 2.05) is 6.92 Å². The Morgan fingerprint density at radius 3 is 2.64 bits per heavy atom. The molecule has 0 fully saturated rings. The summed E-state index contributed by atoms with van der Waals surface area (Å²) in [6.45, 7) is 1.90. The van der Waals surface area contributed by atoms with Crippen molar-refractivity contribution in [3.05, 3.63) is 34.6 Å². The van der Waals surface area contributed by atoms with Crippen LogP contribution in [0.3, 0.4) is 0 Å². The lowest BCUT2D eigenvalue weighted by atomic mass is 10.2. The molecule has 0 aliphatic carbocycles. The molecule has 11 heavy (non-hydrogen) atoms. The van der Waals surface area contributed by atoms with Crippen LogP contribution in [0.2, 0.25) is 5.02 Å². The second kappa shape index (κ2) is 3.55. The van der Waals surface area contributed by atoms with Gasteiger partial charge in [-0.1, -0.05) is 27.5 Å². The topological polar surface area (TPSA) is 0 Å². The molecule has 1 atom stereocenters. The summed E-state index contributed by atoms with van der Waals surface area (Å²) in [5.41, 5.74) is 0.784. The fourth-order valence-electron chi connectivity index (χ4n) is 0.819. The average Bonchev–Trinajstić information content (AvgIpc) is 1.94. The van der Waals surface area contributed by atoms with Gasteiger partial charge in [-0.25, -0.2) is 4.39 Å². The van der Waals surface area contributed by atoms with Crippen molar-refractivity contribution in [2.75, 3.05) is 0 Å². The summed E-state index contributed by atoms with van der Waals surface area (Å²) in [5, 5.41) is 0.593. The van der Waals surface area contributed by atoms with Gasteiger partial charge >= 0.3 is 0 Å². The number of alkyl halides is 1. The molecule has 0 bridgehead atoms. The molecule has 0 spiro atoms. The number of halogens is 3. The summed E-state index contributed by atoms with van der Waals surface area (Å²) in [4.78, 5) is 0.0886. The fraction of sp³-hybridized carbons (Fsp3) is 0.250. The summed E-state index contributed by atoms with van der Waals surface area (Å²) < 4.78 is 12.6. The van der Waals surface area contributed by atoms with E-state index >= 15 is 0 Å². The minimum atomic E-state index is -0.254. The van der Waals surface area contributed by atoms with E-state index in [2.05, 4.69) is 15.9 Å². The Morgan fingerprint density at radius 1 is 1.55 bits per heavy atom. The molecule has 1 rings (SSSR count). The van der Waals surface area contributed by atoms with Crippen LogP contribution in [-0.2, 0) is 0 Å². The van der Waals surface area contributed by atoms with Crippen LogP contribution in [0.5, 0.6) is 0 Å². The summed E-state index contributed by atoms with van der Waals surface area (Å²) in [5.74, 6) is -0.254. The van der Waals surface area contributed by atoms with Crippen molar-refractivity contribution < 1.29 is 4.39 Å². The molecule has 0 saturated heterocycles. The molecule has 1 aromatic rings. The summed E-state index contributed by atoms with van der Waals surface area (Å²) in [6.07, 6.45) is 0. The zero-order chi connectivity index (χ0) is 8.43. The van der Waals surface area contributed by atoms with Crippen molar-refractivity contribution in [2.45, 2.75) is 11.8 Å². The molecule has 1 aromatic carbocycles. The standard InChI is InChI=1S/C8H7BrClF/c1-5(9)7-4-6(11)2-3-8(7)10/h2-5H,1H3/t5-/m0/s1. The molecule has 0 aromatic heterocycles. The molecule has 0 N–H and O–H groups in total. The van der Waals surface area contributed by atoms with Crippen LogP contribution in [0.4, 0.5) is 4.39 Å². The Kier molecular flexibility index (Phi) is 2.90. The van der Waals surface area contributed by atoms with Crippen molar-refractivity contribution in [3.8, 4) is 0 Å². The molecule has 0 aliphatic rings. The number of benzene rings is 1. The molecule has 0 amide bonds. The fourth-order valence-corrected chi connectivity index (χ4v) is 1.61. The number of rotatable bonds is 1. The van der Waals surface area contributed by atoms with Gasteiger partial charge in [0, 0.05) is 9.85 Å². The van der Waals surface area contributed by atoms with Crippen molar-refractivity contribution in [2.24, 2.45) is 0 Å². The Bertz CT molecular complexity index is 260. The first-order valence-corrected chi connectivity index (χ1v) is 4.49. The van der Waals surface area contributed by atoms with Crippen LogP contribution in [0, 0.1) is 5.82 Å². The highest BCUT2D eigenvalue weighted by molar-refractivity contribution is 9.09. The molecule has 0 nitrogen and oxygen atoms in total. The second-order valence-electron chi connectivity index (χ2n) is 2.28. The monoisotopic (exact) mass is 236 g/mol. The van der Waals surface area contributed by atoms with Gasteiger partial charge in [0.2, 0.25) is 0 Å². The van der Waals surface area contributed by atoms with Crippen LogP contribution in [-0.4, -0.2) is 0 Å². The molecule has 60 valence electrons. The van der Waals surface area contributed by atoms with E-state index in [0.717, 1.165) is 5.56 Å². The van der Waals surface area contributed by atoms with Crippen molar-refractivity contribution in [1.82, 2.24) is 0 Å². The molecule has 0 radical (unpaired) electrons. The maximum atomic E-state index is 12.6. The maximum Gasteiger partial charge on any atom is 0.123 e. The average molecular weight is 237 g/mol. The Morgan fingerprint density at radius 2 is 2.18 bits per heavy atom. The van der Waals surface area contributed by atoms with Gasteiger partial charge in [0.05, 0.1) is 0 Å². The highest BCUT2D eigenvalue weighted by Gasteiger charge is 2.06. The van der Waals surface area contributed by atoms with Gasteiger partial charge < -0.3 is 0 Å². The quantitative estimate of drug-likeness (QED) is 0.649. The van der Waals surface area contributed by atoms with E-state index < -0.39 is 0 Å². The Balaban J connectivity index is 3.13. The molecule has 0 heterocycles. The van der Waals surface area contributed by atoms with Gasteiger partial charge in [-0.3, -0.25) is 0 Å². The smallest absolute Gasteiger partial charge is 0.123 e. The highest BCUT2D eigenvalue weighted by atomic mass is 79.9. The molecule has 0 saturated carbocycles. The lowest BCUT2D eigenvalue weighted by Crippen LogP contribution is -1.86. The maximum absolute atomic E-state index is 12.6. The molecule has 3 heteroatoms. The van der Waals surface area contributed by atoms with E-state index in [4.69, 9.17) is 11.6 Å². The first kappa shape index (κ1) is 9.01. The third kappa shape index (κ3) is 2.17. The van der Waals surface area contributed by atoms with Gasteiger partial charge in [-0.2, -0.15) is 0 Å². The lowest BCUT2D eigenvalue weighted by molar-refractivity contribution is 0.625. The van der Waals surface area contributed by atoms with Crippen LogP contribution < -0.4 is 0 Å². The summed E-state index contributed by atoms with van der Waals surface area (Å²) in [6, 6.07) is 4.34. The first-order valence-electron chi connectivity index (χ1n) is 3.20. The minimum absolute atomic E-state index is 0.0886. The first-order chi connectivity index (χ1) is 5.11. The molecular weight excluding hydrogens is 230 g/mol. The van der Waals surface area contributed by atoms with Gasteiger partial charge in [0.15, 0.2) is 0 Å². The SMILES string of the molecule is C[C@H](Br)c1cc(F)ccc1Cl. The van der Waals surface area contributed by atoms with Crippen LogP contribution >= 0.6 is 27.5 Å². The zero-order valence-corrected chi connectivity index (χ0v) is 8.29. The van der Waals surface area contributed by atoms with Gasteiger partial charge in [-0.05, 0) is 30.7 Å². The minimum Gasteiger partial charge on any atom is -0.207 e. The number of hydrogen-bond acceptors (Lipinski definition) is 0. The van der Waals surface area contributed by atoms with Gasteiger partial charge in [-0.15, -0.1) is 0 Å². The lowest BCUT2D eigenvalue weighted by Gasteiger charge is -2.05. The van der Waals surface area contributed by atoms with E-state index in [-0.39, 0.29) is 10.6 Å². The predicted molar refractivity (Wildman–Crippen MR) is 48.8 cm³/mol. The van der Waals surface area contributed by atoms with Crippen molar-refractivity contribution in [1.29, 1.82) is 0 Å². The predicted octanol–water partition coefficient (Wildman–Crippen LogP) is 3.94. The normalized spacial score (nSPS) is 13.1. The highest BCUT2D eigenvalue weighted by Crippen LogP contribution is 2.28. The Labute approximate surface area is 78.5 Å². The van der Waals surface area contributed by atoms with Gasteiger partial charge in [0.25, 0.3) is 0 Å². The molecular formula is C8H7BrClF. The van der Waals surface area contributed by atoms with Crippen molar-refractivity contribution in [3.63, 3.8) is 0 Å². The van der Waals surface area contributed by atoms with Crippen LogP contribution in [0.15, 0.2) is 18.2 Å². The third-order valence-corrected chi connectivity index (χ3v) is 2.22. The Hall–Kier alpha value is -0.0800. The van der Waals surface area contributed by atoms with E-state index in [1.165, 1.54) is 12.1 Å². The second-order valence-corrected chi connectivity index (χ2v) is 4.06. The van der Waals surface area contributed by atoms with E-state index in [1.54, 1.807) is 6.07 Å².